The maximum atomic E-state index is 3.79. The molecule has 70 valence electrons. The van der Waals surface area contributed by atoms with Crippen molar-refractivity contribution in [1.82, 2.24) is 5.32 Å². The van der Waals surface area contributed by atoms with Gasteiger partial charge in [0.05, 0.1) is 0 Å². The Labute approximate surface area is 76.2 Å². The summed E-state index contributed by atoms with van der Waals surface area (Å²) in [5.74, 6) is 0. The molecular formula is C11H21N. The normalized spacial score (nSPS) is 29.1. The van der Waals surface area contributed by atoms with Crippen LogP contribution in [0.25, 0.3) is 0 Å². The fourth-order valence-electron chi connectivity index (χ4n) is 2.29. The van der Waals surface area contributed by atoms with Gasteiger partial charge in [-0.2, -0.15) is 0 Å². The van der Waals surface area contributed by atoms with Gasteiger partial charge in [0, 0.05) is 6.54 Å². The molecule has 1 rings (SSSR count). The third kappa shape index (κ3) is 2.34. The lowest BCUT2D eigenvalue weighted by molar-refractivity contribution is 0.270. The minimum absolute atomic E-state index is 0.614. The standard InChI is InChI=1S/C11H21N/c1-3-5-7-11(6-4-2)8-9-12-10-11/h3,12H,1,4-10H2,2H3. The van der Waals surface area contributed by atoms with Gasteiger partial charge in [0.2, 0.25) is 0 Å². The molecule has 1 saturated heterocycles. The largest absolute Gasteiger partial charge is 0.316 e. The van der Waals surface area contributed by atoms with Crippen molar-refractivity contribution in [3.8, 4) is 0 Å². The van der Waals surface area contributed by atoms with E-state index in [4.69, 9.17) is 0 Å². The summed E-state index contributed by atoms with van der Waals surface area (Å²) in [6.07, 6.45) is 8.64. The van der Waals surface area contributed by atoms with Crippen LogP contribution in [0.15, 0.2) is 12.7 Å². The lowest BCUT2D eigenvalue weighted by Crippen LogP contribution is -2.23. The van der Waals surface area contributed by atoms with E-state index in [1.165, 1.54) is 45.2 Å². The molecule has 1 fully saturated rings. The summed E-state index contributed by atoms with van der Waals surface area (Å²) in [6.45, 7) is 8.53. The zero-order chi connectivity index (χ0) is 8.86. The Morgan fingerprint density at radius 2 is 2.33 bits per heavy atom. The number of allylic oxidation sites excluding steroid dienone is 1. The number of rotatable bonds is 5. The van der Waals surface area contributed by atoms with E-state index in [9.17, 15) is 0 Å². The lowest BCUT2D eigenvalue weighted by Gasteiger charge is -2.27. The molecule has 1 N–H and O–H groups in total. The van der Waals surface area contributed by atoms with Crippen LogP contribution in [0.2, 0.25) is 0 Å². The number of hydrogen-bond donors (Lipinski definition) is 1. The van der Waals surface area contributed by atoms with Crippen molar-refractivity contribution in [2.45, 2.75) is 39.0 Å². The average molecular weight is 167 g/mol. The van der Waals surface area contributed by atoms with Crippen LogP contribution in [0.3, 0.4) is 0 Å². The SMILES string of the molecule is C=CCCC1(CCC)CCNC1. The molecule has 0 bridgehead atoms. The van der Waals surface area contributed by atoms with Gasteiger partial charge in [-0.1, -0.05) is 19.4 Å². The summed E-state index contributed by atoms with van der Waals surface area (Å²) in [4.78, 5) is 0. The second kappa shape index (κ2) is 4.66. The van der Waals surface area contributed by atoms with Crippen molar-refractivity contribution in [1.29, 1.82) is 0 Å². The van der Waals surface area contributed by atoms with Crippen LogP contribution in [-0.2, 0) is 0 Å². The van der Waals surface area contributed by atoms with Crippen molar-refractivity contribution in [3.63, 3.8) is 0 Å². The molecular weight excluding hydrogens is 146 g/mol. The van der Waals surface area contributed by atoms with Gasteiger partial charge in [-0.3, -0.25) is 0 Å². The van der Waals surface area contributed by atoms with Crippen molar-refractivity contribution in [2.24, 2.45) is 5.41 Å². The Bertz CT molecular complexity index is 134. The van der Waals surface area contributed by atoms with E-state index in [1.54, 1.807) is 0 Å². The molecule has 0 aromatic heterocycles. The lowest BCUT2D eigenvalue weighted by atomic mass is 9.78. The molecule has 1 aliphatic heterocycles. The number of hydrogen-bond acceptors (Lipinski definition) is 1. The van der Waals surface area contributed by atoms with E-state index >= 15 is 0 Å². The predicted molar refractivity (Wildman–Crippen MR) is 54.3 cm³/mol. The van der Waals surface area contributed by atoms with E-state index in [2.05, 4.69) is 24.9 Å². The molecule has 0 amide bonds. The first kappa shape index (κ1) is 9.79. The molecule has 0 aliphatic carbocycles. The topological polar surface area (TPSA) is 12.0 Å². The van der Waals surface area contributed by atoms with E-state index in [0.29, 0.717) is 5.41 Å². The van der Waals surface area contributed by atoms with E-state index < -0.39 is 0 Å². The van der Waals surface area contributed by atoms with Crippen molar-refractivity contribution < 1.29 is 0 Å². The second-order valence-corrected chi connectivity index (χ2v) is 4.00. The molecule has 1 aliphatic rings. The minimum Gasteiger partial charge on any atom is -0.316 e. The van der Waals surface area contributed by atoms with Gasteiger partial charge in [-0.05, 0) is 37.6 Å². The first-order valence-electron chi connectivity index (χ1n) is 5.14. The summed E-state index contributed by atoms with van der Waals surface area (Å²) >= 11 is 0. The van der Waals surface area contributed by atoms with Crippen LogP contribution in [-0.4, -0.2) is 13.1 Å². The van der Waals surface area contributed by atoms with Crippen molar-refractivity contribution in [3.05, 3.63) is 12.7 Å². The highest BCUT2D eigenvalue weighted by atomic mass is 14.9. The minimum atomic E-state index is 0.614. The van der Waals surface area contributed by atoms with Crippen molar-refractivity contribution >= 4 is 0 Å². The summed E-state index contributed by atoms with van der Waals surface area (Å²) in [5, 5.41) is 3.47. The Morgan fingerprint density at radius 1 is 1.50 bits per heavy atom. The Morgan fingerprint density at radius 3 is 2.83 bits per heavy atom. The quantitative estimate of drug-likeness (QED) is 0.621. The van der Waals surface area contributed by atoms with E-state index in [0.717, 1.165) is 0 Å². The van der Waals surface area contributed by atoms with Crippen LogP contribution in [0, 0.1) is 5.41 Å². The molecule has 1 unspecified atom stereocenters. The molecule has 0 aromatic rings. The van der Waals surface area contributed by atoms with Crippen LogP contribution >= 0.6 is 0 Å². The predicted octanol–water partition coefficient (Wildman–Crippen LogP) is 2.73. The van der Waals surface area contributed by atoms with Crippen LogP contribution < -0.4 is 5.32 Å². The highest BCUT2D eigenvalue weighted by molar-refractivity contribution is 4.89. The maximum absolute atomic E-state index is 3.79. The Hall–Kier alpha value is -0.300. The summed E-state index contributed by atoms with van der Waals surface area (Å²) < 4.78 is 0. The van der Waals surface area contributed by atoms with Gasteiger partial charge in [0.15, 0.2) is 0 Å². The average Bonchev–Trinajstić information content (AvgIpc) is 2.51. The monoisotopic (exact) mass is 167 g/mol. The second-order valence-electron chi connectivity index (χ2n) is 4.00. The summed E-state index contributed by atoms with van der Waals surface area (Å²) in [5.41, 5.74) is 0.614. The van der Waals surface area contributed by atoms with Crippen molar-refractivity contribution in [2.75, 3.05) is 13.1 Å². The fraction of sp³-hybridized carbons (Fsp3) is 0.818. The molecule has 0 aromatic carbocycles. The molecule has 12 heavy (non-hydrogen) atoms. The molecule has 1 heterocycles. The summed E-state index contributed by atoms with van der Waals surface area (Å²) in [6, 6.07) is 0. The van der Waals surface area contributed by atoms with Gasteiger partial charge in [0.1, 0.15) is 0 Å². The third-order valence-electron chi connectivity index (χ3n) is 2.99. The third-order valence-corrected chi connectivity index (χ3v) is 2.99. The smallest absolute Gasteiger partial charge is 0.000840 e. The molecule has 1 nitrogen and oxygen atoms in total. The highest BCUT2D eigenvalue weighted by Gasteiger charge is 2.31. The zero-order valence-corrected chi connectivity index (χ0v) is 8.23. The molecule has 0 saturated carbocycles. The number of nitrogens with one attached hydrogen (secondary N) is 1. The Balaban J connectivity index is 2.40. The Kier molecular flexibility index (Phi) is 3.80. The van der Waals surface area contributed by atoms with Gasteiger partial charge in [-0.25, -0.2) is 0 Å². The van der Waals surface area contributed by atoms with Gasteiger partial charge in [0.25, 0.3) is 0 Å². The zero-order valence-electron chi connectivity index (χ0n) is 8.23. The van der Waals surface area contributed by atoms with Crippen LogP contribution in [0.1, 0.15) is 39.0 Å². The molecule has 0 radical (unpaired) electrons. The molecule has 0 spiro atoms. The first-order valence-corrected chi connectivity index (χ1v) is 5.14. The maximum Gasteiger partial charge on any atom is 0.000840 e. The van der Waals surface area contributed by atoms with Gasteiger partial charge in [-0.15, -0.1) is 6.58 Å². The van der Waals surface area contributed by atoms with E-state index in [-0.39, 0.29) is 0 Å². The molecule has 1 atom stereocenters. The van der Waals surface area contributed by atoms with E-state index in [1.807, 2.05) is 0 Å². The van der Waals surface area contributed by atoms with Crippen LogP contribution in [0.5, 0.6) is 0 Å². The highest BCUT2D eigenvalue weighted by Crippen LogP contribution is 2.35. The van der Waals surface area contributed by atoms with Gasteiger partial charge >= 0.3 is 0 Å². The fourth-order valence-corrected chi connectivity index (χ4v) is 2.29. The van der Waals surface area contributed by atoms with Gasteiger partial charge < -0.3 is 5.32 Å². The molecule has 1 heteroatoms. The summed E-state index contributed by atoms with van der Waals surface area (Å²) in [7, 11) is 0. The van der Waals surface area contributed by atoms with Crippen LogP contribution in [0.4, 0.5) is 0 Å². The first-order chi connectivity index (χ1) is 5.83.